The van der Waals surface area contributed by atoms with Crippen LogP contribution in [0.15, 0.2) is 5.38 Å². The molecule has 2 atom stereocenters. The van der Waals surface area contributed by atoms with Gasteiger partial charge in [-0.1, -0.05) is 26.2 Å². The van der Waals surface area contributed by atoms with Gasteiger partial charge in [0, 0.05) is 49.6 Å². The van der Waals surface area contributed by atoms with E-state index in [9.17, 15) is 9.59 Å². The van der Waals surface area contributed by atoms with Gasteiger partial charge in [0.25, 0.3) is 5.91 Å². The minimum atomic E-state index is -0.205. The molecule has 184 valence electrons. The minimum absolute atomic E-state index is 0.0559. The Bertz CT molecular complexity index is 774. The number of nitrogens with one attached hydrogen (secondary N) is 1. The topological polar surface area (TPSA) is 84.0 Å². The monoisotopic (exact) mass is 478 g/mol. The van der Waals surface area contributed by atoms with Crippen LogP contribution in [-0.2, 0) is 9.47 Å². The second-order valence-corrected chi connectivity index (χ2v) is 10.3. The van der Waals surface area contributed by atoms with E-state index in [1.165, 1.54) is 6.42 Å². The van der Waals surface area contributed by atoms with Crippen LogP contribution in [0, 0.1) is 0 Å². The fourth-order valence-corrected chi connectivity index (χ4v) is 6.12. The summed E-state index contributed by atoms with van der Waals surface area (Å²) in [5.74, 6) is 0.242. The van der Waals surface area contributed by atoms with Gasteiger partial charge in [0.1, 0.15) is 5.69 Å². The Kier molecular flexibility index (Phi) is 8.97. The van der Waals surface area contributed by atoms with Crippen LogP contribution in [0.3, 0.4) is 0 Å². The zero-order valence-electron chi connectivity index (χ0n) is 19.8. The lowest BCUT2D eigenvalue weighted by molar-refractivity contribution is 0.000103. The second kappa shape index (κ2) is 12.1. The molecule has 0 spiro atoms. The molecule has 4 rings (SSSR count). The third-order valence-electron chi connectivity index (χ3n) is 7.14. The van der Waals surface area contributed by atoms with E-state index in [0.29, 0.717) is 37.4 Å². The number of carbonyl (C=O) groups is 2. The van der Waals surface area contributed by atoms with Gasteiger partial charge in [-0.2, -0.15) is 0 Å². The summed E-state index contributed by atoms with van der Waals surface area (Å²) in [5.41, 5.74) is 0.530. The van der Waals surface area contributed by atoms with Crippen molar-refractivity contribution in [2.24, 2.45) is 0 Å². The smallest absolute Gasteiger partial charge is 0.409 e. The number of thiazole rings is 1. The quantitative estimate of drug-likeness (QED) is 0.603. The number of hydrogen-bond donors (Lipinski definition) is 1. The first kappa shape index (κ1) is 24.4. The fourth-order valence-electron chi connectivity index (χ4n) is 5.15. The zero-order chi connectivity index (χ0) is 23.0. The summed E-state index contributed by atoms with van der Waals surface area (Å²) in [4.78, 5) is 34.2. The van der Waals surface area contributed by atoms with Crippen LogP contribution < -0.4 is 5.32 Å². The van der Waals surface area contributed by atoms with Crippen LogP contribution in [0.5, 0.6) is 0 Å². The highest BCUT2D eigenvalue weighted by Crippen LogP contribution is 2.31. The summed E-state index contributed by atoms with van der Waals surface area (Å²) in [6.07, 6.45) is 7.98. The van der Waals surface area contributed by atoms with Crippen molar-refractivity contribution >= 4 is 23.3 Å². The summed E-state index contributed by atoms with van der Waals surface area (Å²) in [5, 5.41) is 6.20. The summed E-state index contributed by atoms with van der Waals surface area (Å²) in [6.45, 7) is 7.39. The van der Waals surface area contributed by atoms with Gasteiger partial charge in [-0.3, -0.25) is 9.69 Å². The molecule has 3 heterocycles. The number of amides is 2. The maximum Gasteiger partial charge on any atom is 0.409 e. The molecule has 2 saturated heterocycles. The number of carbonyl (C=O) groups excluding carboxylic acids is 2. The van der Waals surface area contributed by atoms with Crippen LogP contribution in [-0.4, -0.2) is 84.9 Å². The van der Waals surface area contributed by atoms with Crippen molar-refractivity contribution in [1.29, 1.82) is 0 Å². The predicted octanol–water partition coefficient (Wildman–Crippen LogP) is 3.63. The molecule has 0 bridgehead atoms. The highest BCUT2D eigenvalue weighted by atomic mass is 32.1. The van der Waals surface area contributed by atoms with E-state index in [0.717, 1.165) is 76.3 Å². The molecule has 9 heteroatoms. The molecule has 1 N–H and O–H groups in total. The summed E-state index contributed by atoms with van der Waals surface area (Å²) in [7, 11) is 0. The molecule has 2 amide bonds. The Morgan fingerprint density at radius 1 is 1.15 bits per heavy atom. The molecule has 1 unspecified atom stereocenters. The Balaban J connectivity index is 1.28. The Morgan fingerprint density at radius 3 is 2.67 bits per heavy atom. The molecule has 8 nitrogen and oxygen atoms in total. The first-order chi connectivity index (χ1) is 16.2. The number of unbranched alkanes of at least 4 members (excludes halogenated alkanes) is 1. The molecule has 2 aliphatic heterocycles. The molecule has 0 aromatic carbocycles. The number of hydrogen-bond acceptors (Lipinski definition) is 7. The van der Waals surface area contributed by atoms with Crippen molar-refractivity contribution in [3.05, 3.63) is 16.1 Å². The first-order valence-electron chi connectivity index (χ1n) is 12.7. The molecule has 33 heavy (non-hydrogen) atoms. The lowest BCUT2D eigenvalue weighted by atomic mass is 9.88. The first-order valence-corrected chi connectivity index (χ1v) is 13.5. The molecule has 1 aliphatic carbocycles. The van der Waals surface area contributed by atoms with Gasteiger partial charge >= 0.3 is 6.09 Å². The van der Waals surface area contributed by atoms with E-state index >= 15 is 0 Å². The summed E-state index contributed by atoms with van der Waals surface area (Å²) >= 11 is 1.57. The Hall–Kier alpha value is -1.71. The van der Waals surface area contributed by atoms with Crippen molar-refractivity contribution < 1.29 is 19.1 Å². The van der Waals surface area contributed by atoms with Gasteiger partial charge in [0.15, 0.2) is 0 Å². The molecule has 1 saturated carbocycles. The molecule has 3 aliphatic rings. The number of ether oxygens (including phenoxy) is 2. The molecule has 0 radical (unpaired) electrons. The van der Waals surface area contributed by atoms with E-state index in [2.05, 4.69) is 17.1 Å². The van der Waals surface area contributed by atoms with E-state index in [4.69, 9.17) is 14.5 Å². The van der Waals surface area contributed by atoms with Crippen LogP contribution >= 0.6 is 11.3 Å². The fraction of sp³-hybridized carbons (Fsp3) is 0.792. The van der Waals surface area contributed by atoms with Crippen molar-refractivity contribution in [3.63, 3.8) is 0 Å². The van der Waals surface area contributed by atoms with Crippen molar-refractivity contribution in [2.75, 3.05) is 46.0 Å². The third-order valence-corrected chi connectivity index (χ3v) is 8.15. The van der Waals surface area contributed by atoms with Gasteiger partial charge < -0.3 is 19.7 Å². The molecular weight excluding hydrogens is 440 g/mol. The minimum Gasteiger partial charge on any atom is -0.449 e. The largest absolute Gasteiger partial charge is 0.449 e. The SMILES string of the molecule is CCCCOC(=O)N1CCC(c2nc(C(=O)NC3CCCC[C@@H]3N3CCOCC3)cs2)CC1. The number of likely N-dealkylation sites (tertiary alicyclic amines) is 1. The number of piperidine rings is 1. The van der Waals surface area contributed by atoms with Crippen LogP contribution in [0.25, 0.3) is 0 Å². The van der Waals surface area contributed by atoms with Crippen molar-refractivity contribution in [2.45, 2.75) is 76.3 Å². The van der Waals surface area contributed by atoms with Gasteiger partial charge in [0.2, 0.25) is 0 Å². The molecule has 3 fully saturated rings. The number of nitrogens with zero attached hydrogens (tertiary/aromatic N) is 3. The zero-order valence-corrected chi connectivity index (χ0v) is 20.6. The maximum atomic E-state index is 13.0. The number of aromatic nitrogens is 1. The van der Waals surface area contributed by atoms with Gasteiger partial charge in [-0.05, 0) is 32.1 Å². The summed E-state index contributed by atoms with van der Waals surface area (Å²) in [6, 6.07) is 0.572. The maximum absolute atomic E-state index is 13.0. The van der Waals surface area contributed by atoms with Crippen LogP contribution in [0.4, 0.5) is 4.79 Å². The van der Waals surface area contributed by atoms with E-state index in [-0.39, 0.29) is 18.0 Å². The van der Waals surface area contributed by atoms with E-state index in [1.807, 2.05) is 5.38 Å². The van der Waals surface area contributed by atoms with Crippen LogP contribution in [0.1, 0.15) is 79.7 Å². The Labute approximate surface area is 201 Å². The van der Waals surface area contributed by atoms with Gasteiger partial charge in [-0.25, -0.2) is 9.78 Å². The van der Waals surface area contributed by atoms with Gasteiger partial charge in [0.05, 0.1) is 24.8 Å². The van der Waals surface area contributed by atoms with Gasteiger partial charge in [-0.15, -0.1) is 11.3 Å². The standard InChI is InChI=1S/C24H38N4O4S/c1-2-3-14-32-24(30)28-10-8-18(9-11-28)23-26-20(17-33-23)22(29)25-19-6-4-5-7-21(19)27-12-15-31-16-13-27/h17-19,21H,2-16H2,1H3,(H,25,29)/t19?,21-/m0/s1. The average Bonchev–Trinajstić information content (AvgIpc) is 3.36. The van der Waals surface area contributed by atoms with E-state index < -0.39 is 0 Å². The second-order valence-electron chi connectivity index (χ2n) is 9.38. The van der Waals surface area contributed by atoms with Crippen molar-refractivity contribution in [3.8, 4) is 0 Å². The molecule has 1 aromatic rings. The van der Waals surface area contributed by atoms with Crippen molar-refractivity contribution in [1.82, 2.24) is 20.1 Å². The highest BCUT2D eigenvalue weighted by Gasteiger charge is 2.33. The summed E-state index contributed by atoms with van der Waals surface area (Å²) < 4.78 is 10.8. The lowest BCUT2D eigenvalue weighted by Gasteiger charge is -2.41. The lowest BCUT2D eigenvalue weighted by Crippen LogP contribution is -2.56. The Morgan fingerprint density at radius 2 is 1.91 bits per heavy atom. The van der Waals surface area contributed by atoms with Crippen LogP contribution in [0.2, 0.25) is 0 Å². The number of rotatable bonds is 7. The third kappa shape index (κ3) is 6.45. The average molecular weight is 479 g/mol. The molecular formula is C24H38N4O4S. The van der Waals surface area contributed by atoms with E-state index in [1.54, 1.807) is 16.2 Å². The highest BCUT2D eigenvalue weighted by molar-refractivity contribution is 7.09. The predicted molar refractivity (Wildman–Crippen MR) is 128 cm³/mol. The number of morpholine rings is 1. The molecule has 1 aromatic heterocycles. The normalized spacial score (nSPS) is 25.1.